The third-order valence-corrected chi connectivity index (χ3v) is 4.41. The standard InChI is InChI=1S/C9H8N2O8S2/c12-8-7(10-9(13)11-8)5-2-1-4(20(14,15)16)3-6(5)21(17,18)19/h1-3,7H,(H,14,15,16)(H,17,18,19)(H2,10,11,12,13). The van der Waals surface area contributed by atoms with Gasteiger partial charge in [0.05, 0.1) is 4.90 Å². The minimum atomic E-state index is -4.90. The van der Waals surface area contributed by atoms with Crippen molar-refractivity contribution in [3.8, 4) is 0 Å². The van der Waals surface area contributed by atoms with Crippen molar-refractivity contribution in [3.63, 3.8) is 0 Å². The van der Waals surface area contributed by atoms with E-state index in [-0.39, 0.29) is 5.56 Å². The van der Waals surface area contributed by atoms with Crippen molar-refractivity contribution in [3.05, 3.63) is 23.8 Å². The van der Waals surface area contributed by atoms with Gasteiger partial charge in [0.25, 0.3) is 26.1 Å². The molecule has 0 saturated carbocycles. The van der Waals surface area contributed by atoms with E-state index < -0.39 is 48.0 Å². The Morgan fingerprint density at radius 2 is 1.62 bits per heavy atom. The van der Waals surface area contributed by atoms with Crippen LogP contribution in [-0.4, -0.2) is 37.9 Å². The highest BCUT2D eigenvalue weighted by atomic mass is 32.2. The third-order valence-electron chi connectivity index (χ3n) is 2.65. The SMILES string of the molecule is O=C1NC(=O)C(c2ccc(S(=O)(=O)O)cc2S(=O)(=O)O)N1. The lowest BCUT2D eigenvalue weighted by molar-refractivity contribution is -0.120. The minimum Gasteiger partial charge on any atom is -0.322 e. The third kappa shape index (κ3) is 3.02. The number of rotatable bonds is 3. The van der Waals surface area contributed by atoms with Crippen LogP contribution in [0.15, 0.2) is 28.0 Å². The molecule has 1 aliphatic rings. The zero-order valence-corrected chi connectivity index (χ0v) is 11.6. The van der Waals surface area contributed by atoms with Gasteiger partial charge in [0, 0.05) is 5.56 Å². The smallest absolute Gasteiger partial charge is 0.322 e. The largest absolute Gasteiger partial charge is 0.322 e. The predicted molar refractivity (Wildman–Crippen MR) is 65.5 cm³/mol. The number of carbonyl (C=O) groups is 2. The number of imide groups is 1. The molecule has 1 unspecified atom stereocenters. The van der Waals surface area contributed by atoms with E-state index in [1.807, 2.05) is 5.32 Å². The van der Waals surface area contributed by atoms with Gasteiger partial charge in [0.15, 0.2) is 0 Å². The molecule has 1 aromatic carbocycles. The first kappa shape index (κ1) is 15.4. The van der Waals surface area contributed by atoms with Gasteiger partial charge in [-0.15, -0.1) is 0 Å². The molecule has 3 amide bonds. The fourth-order valence-electron chi connectivity index (χ4n) is 1.77. The predicted octanol–water partition coefficient (Wildman–Crippen LogP) is -0.939. The fourth-order valence-corrected chi connectivity index (χ4v) is 3.11. The van der Waals surface area contributed by atoms with Crippen LogP contribution in [-0.2, 0) is 25.0 Å². The summed E-state index contributed by atoms with van der Waals surface area (Å²) in [6.07, 6.45) is 0. The van der Waals surface area contributed by atoms with Crippen molar-refractivity contribution in [2.45, 2.75) is 15.8 Å². The van der Waals surface area contributed by atoms with Gasteiger partial charge in [-0.25, -0.2) is 4.79 Å². The zero-order chi connectivity index (χ0) is 16.0. The van der Waals surface area contributed by atoms with Crippen LogP contribution in [0.5, 0.6) is 0 Å². The summed E-state index contributed by atoms with van der Waals surface area (Å²) in [7, 11) is -9.62. The van der Waals surface area contributed by atoms with E-state index in [9.17, 15) is 26.4 Å². The van der Waals surface area contributed by atoms with E-state index in [0.717, 1.165) is 12.1 Å². The Kier molecular flexibility index (Phi) is 3.49. The van der Waals surface area contributed by atoms with Crippen LogP contribution in [0.3, 0.4) is 0 Å². The molecule has 4 N–H and O–H groups in total. The van der Waals surface area contributed by atoms with Crippen LogP contribution < -0.4 is 10.6 Å². The molecule has 1 heterocycles. The minimum absolute atomic E-state index is 0.340. The monoisotopic (exact) mass is 336 g/mol. The zero-order valence-electron chi connectivity index (χ0n) is 9.97. The first-order chi connectivity index (χ1) is 9.50. The van der Waals surface area contributed by atoms with Crippen LogP contribution in [0.25, 0.3) is 0 Å². The number of amides is 3. The van der Waals surface area contributed by atoms with Crippen LogP contribution in [0, 0.1) is 0 Å². The maximum Gasteiger partial charge on any atom is 0.322 e. The first-order valence-corrected chi connectivity index (χ1v) is 8.08. The van der Waals surface area contributed by atoms with Gasteiger partial charge in [-0.2, -0.15) is 16.8 Å². The molecular weight excluding hydrogens is 328 g/mol. The molecule has 12 heteroatoms. The summed E-state index contributed by atoms with van der Waals surface area (Å²) >= 11 is 0. The van der Waals surface area contributed by atoms with Crippen molar-refractivity contribution >= 4 is 32.2 Å². The molecule has 1 aliphatic heterocycles. The van der Waals surface area contributed by atoms with E-state index in [2.05, 4.69) is 5.32 Å². The molecule has 21 heavy (non-hydrogen) atoms. The highest BCUT2D eigenvalue weighted by molar-refractivity contribution is 7.86. The topological polar surface area (TPSA) is 167 Å². The molecule has 1 fully saturated rings. The summed E-state index contributed by atoms with van der Waals surface area (Å²) in [5, 5.41) is 3.96. The van der Waals surface area contributed by atoms with Gasteiger partial charge < -0.3 is 5.32 Å². The summed E-state index contributed by atoms with van der Waals surface area (Å²) < 4.78 is 62.6. The second-order valence-corrected chi connectivity index (χ2v) is 6.86. The molecule has 0 bridgehead atoms. The van der Waals surface area contributed by atoms with Crippen LogP contribution in [0.1, 0.15) is 11.6 Å². The molecule has 0 radical (unpaired) electrons. The van der Waals surface area contributed by atoms with Gasteiger partial charge >= 0.3 is 6.03 Å². The quantitative estimate of drug-likeness (QED) is 0.405. The fraction of sp³-hybridized carbons (Fsp3) is 0.111. The maximum atomic E-state index is 11.5. The average molecular weight is 336 g/mol. The van der Waals surface area contributed by atoms with E-state index in [0.29, 0.717) is 6.07 Å². The highest BCUT2D eigenvalue weighted by Crippen LogP contribution is 2.27. The van der Waals surface area contributed by atoms with Crippen LogP contribution >= 0.6 is 0 Å². The van der Waals surface area contributed by atoms with Crippen molar-refractivity contribution in [1.29, 1.82) is 0 Å². The lowest BCUT2D eigenvalue weighted by Gasteiger charge is -2.12. The number of carbonyl (C=O) groups excluding carboxylic acids is 2. The Morgan fingerprint density at radius 1 is 1.00 bits per heavy atom. The summed E-state index contributed by atoms with van der Waals surface area (Å²) in [6, 6.07) is -0.0771. The van der Waals surface area contributed by atoms with Gasteiger partial charge in [0.1, 0.15) is 10.9 Å². The average Bonchev–Trinajstić information content (AvgIpc) is 2.65. The van der Waals surface area contributed by atoms with E-state index in [1.54, 1.807) is 0 Å². The Bertz CT molecular complexity index is 842. The Balaban J connectivity index is 2.68. The molecule has 1 aromatic rings. The highest BCUT2D eigenvalue weighted by Gasteiger charge is 2.35. The molecule has 2 rings (SSSR count). The number of hydrogen-bond acceptors (Lipinski definition) is 6. The van der Waals surface area contributed by atoms with E-state index >= 15 is 0 Å². The number of benzene rings is 1. The van der Waals surface area contributed by atoms with Crippen molar-refractivity contribution in [2.24, 2.45) is 0 Å². The second kappa shape index (κ2) is 4.77. The molecular formula is C9H8N2O8S2. The normalized spacial score (nSPS) is 19.2. The lowest BCUT2D eigenvalue weighted by Crippen LogP contribution is -2.22. The molecule has 114 valence electrons. The molecule has 10 nitrogen and oxygen atoms in total. The molecule has 0 aromatic heterocycles. The Labute approximate surface area is 118 Å². The first-order valence-electron chi connectivity index (χ1n) is 5.20. The second-order valence-electron chi connectivity index (χ2n) is 4.05. The van der Waals surface area contributed by atoms with Gasteiger partial charge in [0.2, 0.25) is 0 Å². The van der Waals surface area contributed by atoms with Crippen LogP contribution in [0.4, 0.5) is 4.79 Å². The van der Waals surface area contributed by atoms with Crippen molar-refractivity contribution < 1.29 is 35.5 Å². The molecule has 0 aliphatic carbocycles. The summed E-state index contributed by atoms with van der Waals surface area (Å²) in [5.74, 6) is -0.871. The molecule has 0 spiro atoms. The number of nitrogens with one attached hydrogen (secondary N) is 2. The van der Waals surface area contributed by atoms with Crippen molar-refractivity contribution in [1.82, 2.24) is 10.6 Å². The summed E-state index contributed by atoms with van der Waals surface area (Å²) in [6.45, 7) is 0. The summed E-state index contributed by atoms with van der Waals surface area (Å²) in [4.78, 5) is 20.8. The van der Waals surface area contributed by atoms with E-state index in [4.69, 9.17) is 9.11 Å². The molecule has 1 saturated heterocycles. The molecule has 1 atom stereocenters. The van der Waals surface area contributed by atoms with E-state index in [1.165, 1.54) is 0 Å². The summed E-state index contributed by atoms with van der Waals surface area (Å²) in [5.41, 5.74) is -0.340. The maximum absolute atomic E-state index is 11.5. The van der Waals surface area contributed by atoms with Gasteiger partial charge in [-0.05, 0) is 12.1 Å². The number of urea groups is 1. The van der Waals surface area contributed by atoms with Crippen molar-refractivity contribution in [2.75, 3.05) is 0 Å². The lowest BCUT2D eigenvalue weighted by atomic mass is 10.1. The Morgan fingerprint density at radius 3 is 2.05 bits per heavy atom. The Hall–Kier alpha value is -2.02. The van der Waals surface area contributed by atoms with Gasteiger partial charge in [-0.3, -0.25) is 19.2 Å². The van der Waals surface area contributed by atoms with Gasteiger partial charge in [-0.1, -0.05) is 6.07 Å². The van der Waals surface area contributed by atoms with Crippen LogP contribution in [0.2, 0.25) is 0 Å². The number of hydrogen-bond donors (Lipinski definition) is 4.